The van der Waals surface area contributed by atoms with Crippen molar-refractivity contribution in [3.63, 3.8) is 0 Å². The number of fused-ring (bicyclic) bond motifs is 2. The van der Waals surface area contributed by atoms with Gasteiger partial charge >= 0.3 is 17.7 Å². The number of amides is 3. The van der Waals surface area contributed by atoms with Gasteiger partial charge in [0.25, 0.3) is 0 Å². The highest BCUT2D eigenvalue weighted by Crippen LogP contribution is 2.28. The summed E-state index contributed by atoms with van der Waals surface area (Å²) in [5, 5.41) is 8.51. The highest BCUT2D eigenvalue weighted by atomic mass is 16.5. The Balaban J connectivity index is 0.000000184. The number of carbonyl (C=O) groups excluding carboxylic acids is 3. The van der Waals surface area contributed by atoms with Crippen LogP contribution in [0.25, 0.3) is 33.6 Å². The molecule has 0 radical (unpaired) electrons. The van der Waals surface area contributed by atoms with E-state index in [-0.39, 0.29) is 66.6 Å². The third-order valence-electron chi connectivity index (χ3n) is 13.7. The number of rotatable bonds is 17. The van der Waals surface area contributed by atoms with Gasteiger partial charge in [0.15, 0.2) is 16.8 Å². The first kappa shape index (κ1) is 66.2. The SMILES string of the molecule is C=C(Cc1ncnc2c1ncn2C(C)C)c1ccccc1.C=C(Nc1ccn(C(C)C)c(=O)n1)c1ccccc1.C=C1NC(=O)N(C(C)C)C=C1C.CC(C)n1cnc2c(OCc3ccc(OC(=O)C(C)(C)C)cc3)nc(NC(=O)Cc3ccccc3)nc21. The highest BCUT2D eigenvalue weighted by molar-refractivity contribution is 5.92. The summed E-state index contributed by atoms with van der Waals surface area (Å²) in [6.07, 6.45) is 9.57. The van der Waals surface area contributed by atoms with Crippen LogP contribution in [-0.4, -0.2) is 77.4 Å². The van der Waals surface area contributed by atoms with Crippen LogP contribution in [0.5, 0.6) is 11.6 Å². The minimum Gasteiger partial charge on any atom is -0.471 e. The molecular formula is C69H80N14O6. The van der Waals surface area contributed by atoms with Gasteiger partial charge in [-0.25, -0.2) is 29.5 Å². The first-order valence-electron chi connectivity index (χ1n) is 29.4. The van der Waals surface area contributed by atoms with Crippen molar-refractivity contribution in [3.8, 4) is 11.6 Å². The van der Waals surface area contributed by atoms with Gasteiger partial charge in [0, 0.05) is 54.4 Å². The Bertz CT molecular complexity index is 4010. The maximum absolute atomic E-state index is 12.6. The number of hydrogen-bond donors (Lipinski definition) is 3. The van der Waals surface area contributed by atoms with E-state index < -0.39 is 5.41 Å². The molecule has 0 aliphatic carbocycles. The van der Waals surface area contributed by atoms with Crippen LogP contribution in [-0.2, 0) is 29.0 Å². The minimum absolute atomic E-state index is 0.0967. The number of nitrogens with zero attached hydrogens (tertiary/aromatic N) is 11. The zero-order chi connectivity index (χ0) is 64.5. The molecule has 5 aromatic heterocycles. The molecule has 20 heteroatoms. The van der Waals surface area contributed by atoms with Gasteiger partial charge in [0.2, 0.25) is 17.7 Å². The average molecular weight is 1200 g/mol. The Kier molecular flexibility index (Phi) is 22.5. The molecule has 9 aromatic rings. The number of esters is 1. The number of ether oxygens (including phenoxy) is 2. The second kappa shape index (κ2) is 30.3. The van der Waals surface area contributed by atoms with E-state index in [9.17, 15) is 19.2 Å². The third-order valence-corrected chi connectivity index (χ3v) is 13.7. The summed E-state index contributed by atoms with van der Waals surface area (Å²) in [6, 6.07) is 38.8. The number of nitrogens with one attached hydrogen (secondary N) is 3. The molecule has 1 aliphatic heterocycles. The zero-order valence-electron chi connectivity index (χ0n) is 52.9. The molecule has 3 amide bonds. The molecule has 4 aromatic carbocycles. The van der Waals surface area contributed by atoms with E-state index in [1.54, 1.807) is 67.3 Å². The molecule has 0 fully saturated rings. The van der Waals surface area contributed by atoms with Gasteiger partial charge in [-0.3, -0.25) is 24.4 Å². The number of imidazole rings is 2. The van der Waals surface area contributed by atoms with Crippen LogP contribution in [0.15, 0.2) is 189 Å². The van der Waals surface area contributed by atoms with Crippen molar-refractivity contribution < 1.29 is 23.9 Å². The molecule has 462 valence electrons. The molecule has 6 heterocycles. The molecule has 0 bridgehead atoms. The van der Waals surface area contributed by atoms with E-state index in [0.29, 0.717) is 40.9 Å². The Hall–Kier alpha value is -10.4. The molecule has 20 nitrogen and oxygen atoms in total. The smallest absolute Gasteiger partial charge is 0.349 e. The number of benzene rings is 4. The van der Waals surface area contributed by atoms with Crippen LogP contribution < -0.4 is 31.1 Å². The van der Waals surface area contributed by atoms with Crippen LogP contribution in [0, 0.1) is 5.41 Å². The second-order valence-corrected chi connectivity index (χ2v) is 23.2. The standard InChI is InChI=1S/C28H31N5O4.C17H18N4.C15H17N3O.C9H14N2O/c1-18(2)33-17-29-23-24(33)31-27(30-22(34)15-19-9-7-6-8-10-19)32-25(23)36-16-20-11-13-21(14-12-20)37-26(35)28(3,4)5;1-12(2)21-11-20-16-15(18-10-19-17(16)21)9-13(3)14-7-5-4-6-8-14;1-11(2)18-10-9-14(17-15(18)19)16-12(3)13-7-5-4-6-8-13;1-6(2)11-5-7(3)8(4)10-9(11)12/h6-14,17-18H,15-16H2,1-5H3,(H,30,31,32,34);4-8,10-12H,3,9H2,1-2H3;4-11H,3H2,1-2H3,(H,16,17,19);5-6H,4H2,1-3H3,(H,10,12). The van der Waals surface area contributed by atoms with E-state index in [0.717, 1.165) is 56.0 Å². The lowest BCUT2D eigenvalue weighted by molar-refractivity contribution is -0.143. The predicted molar refractivity (Wildman–Crippen MR) is 352 cm³/mol. The number of hydrogen-bond acceptors (Lipinski definition) is 14. The van der Waals surface area contributed by atoms with Gasteiger partial charge in [-0.15, -0.1) is 0 Å². The summed E-state index contributed by atoms with van der Waals surface area (Å²) in [4.78, 5) is 80.2. The van der Waals surface area contributed by atoms with Crippen molar-refractivity contribution in [1.82, 2.24) is 58.8 Å². The van der Waals surface area contributed by atoms with Gasteiger partial charge in [-0.2, -0.15) is 15.0 Å². The lowest BCUT2D eigenvalue weighted by Gasteiger charge is -2.28. The molecule has 89 heavy (non-hydrogen) atoms. The highest BCUT2D eigenvalue weighted by Gasteiger charge is 2.24. The number of aromatic nitrogens is 10. The molecule has 0 saturated carbocycles. The zero-order valence-corrected chi connectivity index (χ0v) is 52.9. The largest absolute Gasteiger partial charge is 0.471 e. The minimum atomic E-state index is -0.590. The van der Waals surface area contributed by atoms with Gasteiger partial charge in [0.05, 0.1) is 30.2 Å². The lowest BCUT2D eigenvalue weighted by Crippen LogP contribution is -2.43. The van der Waals surface area contributed by atoms with Gasteiger partial charge in [-0.05, 0) is 135 Å². The molecule has 0 atom stereocenters. The topological polar surface area (TPSA) is 231 Å². The number of carbonyl (C=O) groups is 3. The quantitative estimate of drug-likeness (QED) is 0.0569. The first-order valence-corrected chi connectivity index (χ1v) is 29.4. The molecule has 10 rings (SSSR count). The molecule has 3 N–H and O–H groups in total. The maximum atomic E-state index is 12.6. The van der Waals surface area contributed by atoms with Gasteiger partial charge in [-0.1, -0.05) is 123 Å². The van der Waals surface area contributed by atoms with Crippen molar-refractivity contribution in [2.75, 3.05) is 10.6 Å². The van der Waals surface area contributed by atoms with Crippen LogP contribution in [0.2, 0.25) is 0 Å². The molecule has 0 spiro atoms. The van der Waals surface area contributed by atoms with Crippen molar-refractivity contribution in [3.05, 3.63) is 222 Å². The van der Waals surface area contributed by atoms with Gasteiger partial charge in [0.1, 0.15) is 30.0 Å². The first-order chi connectivity index (χ1) is 42.4. The lowest BCUT2D eigenvalue weighted by atomic mass is 9.97. The number of allylic oxidation sites excluding steroid dienone is 2. The maximum Gasteiger partial charge on any atom is 0.349 e. The summed E-state index contributed by atoms with van der Waals surface area (Å²) in [7, 11) is 0. The predicted octanol–water partition coefficient (Wildman–Crippen LogP) is 13.5. The molecule has 0 saturated heterocycles. The van der Waals surface area contributed by atoms with E-state index in [1.165, 1.54) is 0 Å². The monoisotopic (exact) mass is 1200 g/mol. The third kappa shape index (κ3) is 18.3. The molecule has 1 aliphatic rings. The van der Waals surface area contributed by atoms with Crippen molar-refractivity contribution in [2.45, 2.75) is 127 Å². The van der Waals surface area contributed by atoms with Crippen LogP contribution in [0.1, 0.15) is 129 Å². The fourth-order valence-corrected chi connectivity index (χ4v) is 8.59. The normalized spacial score (nSPS) is 12.1. The van der Waals surface area contributed by atoms with Gasteiger partial charge < -0.3 is 29.2 Å². The summed E-state index contributed by atoms with van der Waals surface area (Å²) < 4.78 is 17.0. The van der Waals surface area contributed by atoms with E-state index in [2.05, 4.69) is 101 Å². The Morgan fingerprint density at radius 3 is 1.80 bits per heavy atom. The molecule has 0 unspecified atom stereocenters. The van der Waals surface area contributed by atoms with Crippen LogP contribution in [0.4, 0.5) is 16.6 Å². The Morgan fingerprint density at radius 1 is 0.629 bits per heavy atom. The van der Waals surface area contributed by atoms with Crippen molar-refractivity contribution in [1.29, 1.82) is 0 Å². The van der Waals surface area contributed by atoms with E-state index in [1.807, 2.05) is 157 Å². The number of anilines is 2. The van der Waals surface area contributed by atoms with Crippen molar-refractivity contribution in [2.24, 2.45) is 5.41 Å². The summed E-state index contributed by atoms with van der Waals surface area (Å²) >= 11 is 0. The fraction of sp³-hybridized carbons (Fsp3) is 0.290. The average Bonchev–Trinajstić information content (AvgIpc) is 1.90. The Labute approximate surface area is 520 Å². The number of urea groups is 1. The summed E-state index contributed by atoms with van der Waals surface area (Å²) in [5.74, 6) is 0.857. The molecular weight excluding hydrogens is 1120 g/mol. The fourth-order valence-electron chi connectivity index (χ4n) is 8.59. The van der Waals surface area contributed by atoms with Crippen LogP contribution in [0.3, 0.4) is 0 Å². The van der Waals surface area contributed by atoms with E-state index >= 15 is 0 Å². The Morgan fingerprint density at radius 2 is 1.21 bits per heavy atom. The van der Waals surface area contributed by atoms with E-state index in [4.69, 9.17) is 9.47 Å². The van der Waals surface area contributed by atoms with Crippen LogP contribution >= 0.6 is 0 Å². The summed E-state index contributed by atoms with van der Waals surface area (Å²) in [6.45, 7) is 35.5. The second-order valence-electron chi connectivity index (χ2n) is 23.2. The summed E-state index contributed by atoms with van der Waals surface area (Å²) in [5.41, 5.74) is 10.2. The van der Waals surface area contributed by atoms with Crippen molar-refractivity contribution >= 4 is 63.3 Å².